The molecule has 2 nitrogen and oxygen atoms in total. The van der Waals surface area contributed by atoms with Gasteiger partial charge < -0.3 is 9.47 Å². The van der Waals surface area contributed by atoms with Crippen LogP contribution in [0.2, 0.25) is 0 Å². The van der Waals surface area contributed by atoms with Gasteiger partial charge in [-0.25, -0.2) is 0 Å². The molecule has 83 heavy (non-hydrogen) atoms. The van der Waals surface area contributed by atoms with Crippen molar-refractivity contribution in [2.24, 2.45) is 5.92 Å². The van der Waals surface area contributed by atoms with Gasteiger partial charge in [0.05, 0.1) is 16.8 Å². The maximum absolute atomic E-state index is 2.68. The fraction of sp³-hybridized carbons (Fsp3) is 0.0617. The Bertz CT molecular complexity index is 4740. The molecule has 17 rings (SSSR count). The minimum absolute atomic E-state index is 0.243. The molecule has 0 N–H and O–H groups in total. The molecule has 0 bridgehead atoms. The summed E-state index contributed by atoms with van der Waals surface area (Å²) in [5, 5.41) is 7.33. The fourth-order valence-electron chi connectivity index (χ4n) is 15.2. The molecule has 12 aromatic carbocycles. The quantitative estimate of drug-likeness (QED) is 0.138. The Labute approximate surface area is 484 Å². The van der Waals surface area contributed by atoms with Crippen LogP contribution in [0.4, 0.5) is 5.69 Å². The van der Waals surface area contributed by atoms with E-state index in [0.717, 1.165) is 29.9 Å². The highest BCUT2D eigenvalue weighted by atomic mass is 15.2. The van der Waals surface area contributed by atoms with Gasteiger partial charge >= 0.3 is 0 Å². The summed E-state index contributed by atoms with van der Waals surface area (Å²) in [5.74, 6) is 0.357. The minimum atomic E-state index is -0.502. The number of benzene rings is 12. The van der Waals surface area contributed by atoms with Crippen LogP contribution in [0.5, 0.6) is 0 Å². The molecule has 13 aromatic rings. The zero-order valence-corrected chi connectivity index (χ0v) is 45.8. The van der Waals surface area contributed by atoms with Crippen LogP contribution >= 0.6 is 0 Å². The van der Waals surface area contributed by atoms with E-state index in [1.165, 1.54) is 127 Å². The molecule has 1 spiro atoms. The van der Waals surface area contributed by atoms with Crippen molar-refractivity contribution in [3.63, 3.8) is 0 Å². The highest BCUT2D eigenvalue weighted by molar-refractivity contribution is 6.24. The number of fused-ring (bicyclic) bond motifs is 13. The van der Waals surface area contributed by atoms with Gasteiger partial charge in [-0.15, -0.1) is 0 Å². The number of hydrogen-bond acceptors (Lipinski definition) is 1. The molecule has 0 fully saturated rings. The monoisotopic (exact) mass is 1060 g/mol. The molecule has 0 amide bonds. The Morgan fingerprint density at radius 1 is 0.337 bits per heavy atom. The van der Waals surface area contributed by atoms with Crippen LogP contribution in [0.1, 0.15) is 40.7 Å². The first-order valence-corrected chi connectivity index (χ1v) is 29.4. The Kier molecular flexibility index (Phi) is 10.8. The molecule has 2 unspecified atom stereocenters. The number of aromatic nitrogens is 1. The first kappa shape index (κ1) is 47.5. The summed E-state index contributed by atoms with van der Waals surface area (Å²) in [4.78, 5) is 2.68. The average Bonchev–Trinajstić information content (AvgIpc) is 1.64. The van der Waals surface area contributed by atoms with Gasteiger partial charge in [0.15, 0.2) is 0 Å². The van der Waals surface area contributed by atoms with E-state index >= 15 is 0 Å². The van der Waals surface area contributed by atoms with E-state index in [2.05, 4.69) is 313 Å². The van der Waals surface area contributed by atoms with Gasteiger partial charge in [-0.3, -0.25) is 0 Å². The van der Waals surface area contributed by atoms with Gasteiger partial charge in [-0.1, -0.05) is 261 Å². The predicted octanol–water partition coefficient (Wildman–Crippen LogP) is 20.7. The van der Waals surface area contributed by atoms with Gasteiger partial charge in [0.1, 0.15) is 0 Å². The molecule has 2 atom stereocenters. The lowest BCUT2D eigenvalue weighted by Crippen LogP contribution is -2.35. The Morgan fingerprint density at radius 2 is 0.867 bits per heavy atom. The Morgan fingerprint density at radius 3 is 1.52 bits per heavy atom. The second-order valence-electron chi connectivity index (χ2n) is 22.9. The molecule has 0 saturated heterocycles. The molecule has 2 heterocycles. The Balaban J connectivity index is 1.00. The van der Waals surface area contributed by atoms with E-state index in [0.29, 0.717) is 5.92 Å². The van der Waals surface area contributed by atoms with Crippen molar-refractivity contribution >= 4 is 43.7 Å². The van der Waals surface area contributed by atoms with Gasteiger partial charge in [0.25, 0.3) is 0 Å². The second kappa shape index (κ2) is 18.9. The number of nitrogens with zero attached hydrogens (tertiary/aromatic N) is 2. The summed E-state index contributed by atoms with van der Waals surface area (Å²) in [6.07, 6.45) is 13.7. The lowest BCUT2D eigenvalue weighted by molar-refractivity contribution is 0.514. The van der Waals surface area contributed by atoms with Crippen LogP contribution in [0.15, 0.2) is 303 Å². The van der Waals surface area contributed by atoms with Crippen molar-refractivity contribution in [2.75, 3.05) is 4.90 Å². The average molecular weight is 1060 g/mol. The number of allylic oxidation sites excluding steroid dienone is 3. The maximum atomic E-state index is 2.68. The number of rotatable bonds is 8. The van der Waals surface area contributed by atoms with Gasteiger partial charge in [0, 0.05) is 29.0 Å². The lowest BCUT2D eigenvalue weighted by atomic mass is 9.70. The summed E-state index contributed by atoms with van der Waals surface area (Å²) in [6, 6.07) is 103. The third kappa shape index (κ3) is 7.16. The van der Waals surface area contributed by atoms with E-state index in [1.54, 1.807) is 0 Å². The summed E-state index contributed by atoms with van der Waals surface area (Å²) in [5.41, 5.74) is 24.4. The smallest absolute Gasteiger partial charge is 0.0725 e. The van der Waals surface area contributed by atoms with E-state index < -0.39 is 5.41 Å². The zero-order chi connectivity index (χ0) is 54.6. The largest absolute Gasteiger partial charge is 0.337 e. The van der Waals surface area contributed by atoms with Crippen LogP contribution in [0.25, 0.3) is 111 Å². The lowest BCUT2D eigenvalue weighted by Gasteiger charge is -2.35. The van der Waals surface area contributed by atoms with E-state index in [-0.39, 0.29) is 6.04 Å². The first-order valence-electron chi connectivity index (χ1n) is 29.4. The van der Waals surface area contributed by atoms with Crippen LogP contribution in [-0.2, 0) is 5.41 Å². The van der Waals surface area contributed by atoms with Crippen molar-refractivity contribution < 1.29 is 0 Å². The zero-order valence-electron chi connectivity index (χ0n) is 45.8. The molecule has 3 aliphatic carbocycles. The topological polar surface area (TPSA) is 8.17 Å². The molecule has 4 aliphatic rings. The minimum Gasteiger partial charge on any atom is -0.337 e. The van der Waals surface area contributed by atoms with Crippen molar-refractivity contribution in [3.05, 3.63) is 331 Å². The first-order chi connectivity index (χ1) is 41.2. The summed E-state index contributed by atoms with van der Waals surface area (Å²) in [7, 11) is 0. The van der Waals surface area contributed by atoms with Crippen LogP contribution < -0.4 is 4.90 Å². The second-order valence-corrected chi connectivity index (χ2v) is 22.9. The van der Waals surface area contributed by atoms with E-state index in [9.17, 15) is 0 Å². The van der Waals surface area contributed by atoms with E-state index in [1.807, 2.05) is 0 Å². The molecular formula is C81H56N2. The van der Waals surface area contributed by atoms with Crippen molar-refractivity contribution in [3.8, 4) is 72.7 Å². The SMILES string of the molecule is C1=CCC(C2CC=C(c3ccccc3)N2c2ccc3c(-c4cccc5ccccc45)c4cc(-n5c(-c6ccccc6)ccc5-c5ccccc5)ccc4c(-c4ccc5c(c4)C4(c6ccccc6-c6ccccc64)c4ccccc4-5)c3c2)C=C1. The van der Waals surface area contributed by atoms with Crippen molar-refractivity contribution in [1.29, 1.82) is 0 Å². The standard InChI is InChI=1S/C81H56N2/c1-5-23-54(24-6-1)75-46-47-76(55-25-7-2-8-26-55)82(75)59-42-45-68-69(51-59)79(58-40-43-65-64-35-17-20-39-73(64)81(74(65)50-58)71-37-18-15-33-62(71)63-34-16-19-38-72(63)81)67-44-41-60(52-70(67)80(68)66-36-21-31-53-22-13-14-32-61(53)66)83-77(56-27-9-3-10-28-56)48-49-78(83)57-29-11-4-12-30-57/h1-25,27-46,48-52,55,76H,26,47H2. The van der Waals surface area contributed by atoms with Gasteiger partial charge in [0.2, 0.25) is 0 Å². The van der Waals surface area contributed by atoms with Crippen molar-refractivity contribution in [2.45, 2.75) is 24.3 Å². The highest BCUT2D eigenvalue weighted by Gasteiger charge is 2.51. The highest BCUT2D eigenvalue weighted by Crippen LogP contribution is 2.63. The molecule has 1 aromatic heterocycles. The third-order valence-electron chi connectivity index (χ3n) is 18.7. The predicted molar refractivity (Wildman–Crippen MR) is 348 cm³/mol. The van der Waals surface area contributed by atoms with Crippen molar-refractivity contribution in [1.82, 2.24) is 4.57 Å². The molecular weight excluding hydrogens is 1000 g/mol. The molecule has 2 heteroatoms. The molecule has 390 valence electrons. The summed E-state index contributed by atoms with van der Waals surface area (Å²) in [6.45, 7) is 0. The van der Waals surface area contributed by atoms with Gasteiger partial charge in [-0.2, -0.15) is 0 Å². The van der Waals surface area contributed by atoms with E-state index in [4.69, 9.17) is 0 Å². The molecule has 0 saturated carbocycles. The third-order valence-corrected chi connectivity index (χ3v) is 18.7. The molecule has 0 radical (unpaired) electrons. The van der Waals surface area contributed by atoms with Crippen LogP contribution in [-0.4, -0.2) is 10.6 Å². The Hall–Kier alpha value is -10.3. The summed E-state index contributed by atoms with van der Waals surface area (Å²) < 4.78 is 2.48. The molecule has 1 aliphatic heterocycles. The fourth-order valence-corrected chi connectivity index (χ4v) is 15.2. The normalized spacial score (nSPS) is 16.1. The van der Waals surface area contributed by atoms with Crippen LogP contribution in [0, 0.1) is 5.92 Å². The number of anilines is 1. The number of hydrogen-bond donors (Lipinski definition) is 0. The maximum Gasteiger partial charge on any atom is 0.0725 e. The summed E-state index contributed by atoms with van der Waals surface area (Å²) >= 11 is 0. The van der Waals surface area contributed by atoms with Crippen LogP contribution in [0.3, 0.4) is 0 Å². The van der Waals surface area contributed by atoms with Gasteiger partial charge in [-0.05, 0) is 171 Å².